The summed E-state index contributed by atoms with van der Waals surface area (Å²) in [5, 5.41) is 11.0. The van der Waals surface area contributed by atoms with Crippen molar-refractivity contribution in [2.24, 2.45) is 0 Å². The van der Waals surface area contributed by atoms with Gasteiger partial charge in [0.25, 0.3) is 0 Å². The molecule has 0 amide bonds. The highest BCUT2D eigenvalue weighted by molar-refractivity contribution is 7.91. The number of nitrogens with zero attached hydrogens (tertiary/aromatic N) is 1. The van der Waals surface area contributed by atoms with Crippen LogP contribution in [0.1, 0.15) is 19.0 Å². The minimum absolute atomic E-state index is 0.0766. The molecule has 0 aliphatic rings. The molecule has 0 saturated heterocycles. The van der Waals surface area contributed by atoms with Gasteiger partial charge in [0.05, 0.1) is 12.4 Å². The Hall–Kier alpha value is -1.04. The van der Waals surface area contributed by atoms with Crippen molar-refractivity contribution in [1.82, 2.24) is 4.57 Å². The Morgan fingerprint density at radius 3 is 2.70 bits per heavy atom. The van der Waals surface area contributed by atoms with Crippen LogP contribution in [0.3, 0.4) is 0 Å². The molecule has 1 N–H and O–H groups in total. The molecule has 1 heterocycles. The van der Waals surface area contributed by atoms with Gasteiger partial charge in [-0.2, -0.15) is 0 Å². The zero-order chi connectivity index (χ0) is 14.8. The third-order valence-corrected chi connectivity index (χ3v) is 5.41. The van der Waals surface area contributed by atoms with Crippen LogP contribution < -0.4 is 0 Å². The number of aryl methyl sites for hydroxylation is 1. The molecule has 6 heteroatoms. The van der Waals surface area contributed by atoms with Crippen LogP contribution >= 0.6 is 11.6 Å². The number of aliphatic hydroxyl groups is 1. The maximum atomic E-state index is 11.5. The Balaban J connectivity index is 2.24. The first-order valence-corrected chi connectivity index (χ1v) is 8.75. The van der Waals surface area contributed by atoms with Crippen LogP contribution in [0.5, 0.6) is 0 Å². The number of aliphatic hydroxyl groups excluding tert-OH is 1. The lowest BCUT2D eigenvalue weighted by Crippen LogP contribution is -2.12. The van der Waals surface area contributed by atoms with Gasteiger partial charge in [0.1, 0.15) is 9.84 Å². The smallest absolute Gasteiger partial charge is 0.150 e. The Labute approximate surface area is 123 Å². The molecule has 0 saturated carbocycles. The van der Waals surface area contributed by atoms with E-state index in [4.69, 9.17) is 11.6 Å². The van der Waals surface area contributed by atoms with Gasteiger partial charge in [-0.15, -0.1) is 0 Å². The molecule has 1 aromatic heterocycles. The summed E-state index contributed by atoms with van der Waals surface area (Å²) in [6.45, 7) is 2.15. The molecule has 0 fully saturated rings. The summed E-state index contributed by atoms with van der Waals surface area (Å²) in [6.07, 6.45) is 0.537. The molecule has 2 aromatic rings. The second-order valence-electron chi connectivity index (χ2n) is 4.74. The minimum Gasteiger partial charge on any atom is -0.390 e. The zero-order valence-electron chi connectivity index (χ0n) is 11.3. The number of aromatic nitrogens is 1. The fourth-order valence-corrected chi connectivity index (χ4v) is 3.32. The van der Waals surface area contributed by atoms with E-state index in [-0.39, 0.29) is 18.1 Å². The zero-order valence-corrected chi connectivity index (χ0v) is 12.9. The van der Waals surface area contributed by atoms with Gasteiger partial charge in [-0.1, -0.05) is 18.5 Å². The van der Waals surface area contributed by atoms with E-state index in [0.717, 1.165) is 16.6 Å². The standard InChI is InChI=1S/C14H18ClNO3S/c1-2-20(18,19)7-3-6-16-13(10-17)9-11-8-12(15)4-5-14(11)16/h4-5,8-9,17H,2-3,6-7,10H2,1H3. The molecule has 4 nitrogen and oxygen atoms in total. The molecule has 0 spiro atoms. The first-order valence-electron chi connectivity index (χ1n) is 6.56. The van der Waals surface area contributed by atoms with E-state index in [0.29, 0.717) is 18.0 Å². The van der Waals surface area contributed by atoms with Gasteiger partial charge in [0, 0.05) is 33.9 Å². The largest absolute Gasteiger partial charge is 0.390 e. The molecule has 0 aliphatic carbocycles. The maximum Gasteiger partial charge on any atom is 0.150 e. The molecule has 20 heavy (non-hydrogen) atoms. The summed E-state index contributed by atoms with van der Waals surface area (Å²) in [4.78, 5) is 0. The average Bonchev–Trinajstić information content (AvgIpc) is 2.76. The molecule has 0 radical (unpaired) electrons. The van der Waals surface area contributed by atoms with Gasteiger partial charge in [-0.05, 0) is 30.7 Å². The van der Waals surface area contributed by atoms with Crippen molar-refractivity contribution in [1.29, 1.82) is 0 Å². The summed E-state index contributed by atoms with van der Waals surface area (Å²) in [5.41, 5.74) is 1.74. The van der Waals surface area contributed by atoms with E-state index in [9.17, 15) is 13.5 Å². The van der Waals surface area contributed by atoms with Crippen molar-refractivity contribution in [3.63, 3.8) is 0 Å². The summed E-state index contributed by atoms with van der Waals surface area (Å²) in [6, 6.07) is 7.42. The minimum atomic E-state index is -2.95. The Kier molecular flexibility index (Phi) is 4.73. The van der Waals surface area contributed by atoms with E-state index in [1.807, 2.05) is 22.8 Å². The van der Waals surface area contributed by atoms with Crippen molar-refractivity contribution in [2.45, 2.75) is 26.5 Å². The molecule has 1 aromatic carbocycles. The van der Waals surface area contributed by atoms with E-state index in [1.54, 1.807) is 13.0 Å². The lowest BCUT2D eigenvalue weighted by Gasteiger charge is -2.09. The summed E-state index contributed by atoms with van der Waals surface area (Å²) < 4.78 is 25.0. The highest BCUT2D eigenvalue weighted by Gasteiger charge is 2.11. The summed E-state index contributed by atoms with van der Waals surface area (Å²) in [5.74, 6) is 0.337. The first-order chi connectivity index (χ1) is 9.46. The quantitative estimate of drug-likeness (QED) is 0.891. The highest BCUT2D eigenvalue weighted by Crippen LogP contribution is 2.24. The summed E-state index contributed by atoms with van der Waals surface area (Å²) >= 11 is 5.96. The number of hydrogen-bond acceptors (Lipinski definition) is 3. The third-order valence-electron chi connectivity index (χ3n) is 3.39. The second kappa shape index (κ2) is 6.16. The number of benzene rings is 1. The second-order valence-corrected chi connectivity index (χ2v) is 7.65. The number of hydrogen-bond donors (Lipinski definition) is 1. The Morgan fingerprint density at radius 1 is 1.30 bits per heavy atom. The number of sulfone groups is 1. The number of halogens is 1. The lowest BCUT2D eigenvalue weighted by molar-refractivity contribution is 0.271. The van der Waals surface area contributed by atoms with E-state index in [2.05, 4.69) is 0 Å². The maximum absolute atomic E-state index is 11.5. The fraction of sp³-hybridized carbons (Fsp3) is 0.429. The normalized spacial score (nSPS) is 12.2. The van der Waals surface area contributed by atoms with Gasteiger partial charge < -0.3 is 9.67 Å². The monoisotopic (exact) mass is 315 g/mol. The molecule has 0 bridgehead atoms. The van der Waals surface area contributed by atoms with Crippen molar-refractivity contribution in [3.05, 3.63) is 35.0 Å². The van der Waals surface area contributed by atoms with E-state index in [1.165, 1.54) is 0 Å². The average molecular weight is 316 g/mol. The molecule has 110 valence electrons. The van der Waals surface area contributed by atoms with Crippen molar-refractivity contribution >= 4 is 32.3 Å². The Morgan fingerprint density at radius 2 is 2.05 bits per heavy atom. The molecule has 0 atom stereocenters. The van der Waals surface area contributed by atoms with Gasteiger partial charge in [0.2, 0.25) is 0 Å². The van der Waals surface area contributed by atoms with Gasteiger partial charge in [-0.3, -0.25) is 0 Å². The first kappa shape index (κ1) is 15.4. The lowest BCUT2D eigenvalue weighted by atomic mass is 10.2. The molecular formula is C14H18ClNO3S. The Bertz CT molecular complexity index is 707. The molecule has 2 rings (SSSR count). The summed E-state index contributed by atoms with van der Waals surface area (Å²) in [7, 11) is -2.95. The van der Waals surface area contributed by atoms with Crippen LogP contribution in [0.15, 0.2) is 24.3 Å². The van der Waals surface area contributed by atoms with Crippen LogP contribution in [0.4, 0.5) is 0 Å². The van der Waals surface area contributed by atoms with Crippen molar-refractivity contribution in [3.8, 4) is 0 Å². The molecule has 0 aliphatic heterocycles. The van der Waals surface area contributed by atoms with Gasteiger partial charge in [-0.25, -0.2) is 8.42 Å². The predicted octanol–water partition coefficient (Wildman–Crippen LogP) is 2.61. The van der Waals surface area contributed by atoms with E-state index < -0.39 is 9.84 Å². The van der Waals surface area contributed by atoms with E-state index >= 15 is 0 Å². The van der Waals surface area contributed by atoms with Crippen LogP contribution in [0.25, 0.3) is 10.9 Å². The molecular weight excluding hydrogens is 298 g/mol. The topological polar surface area (TPSA) is 59.3 Å². The SMILES string of the molecule is CCS(=O)(=O)CCCn1c(CO)cc2cc(Cl)ccc21. The van der Waals surface area contributed by atoms with Crippen molar-refractivity contribution in [2.75, 3.05) is 11.5 Å². The van der Waals surface area contributed by atoms with Crippen molar-refractivity contribution < 1.29 is 13.5 Å². The molecule has 0 unspecified atom stereocenters. The fourth-order valence-electron chi connectivity index (χ4n) is 2.28. The van der Waals surface area contributed by atoms with Crippen LogP contribution in [0.2, 0.25) is 5.02 Å². The third kappa shape index (κ3) is 3.34. The number of rotatable bonds is 6. The highest BCUT2D eigenvalue weighted by atomic mass is 35.5. The van der Waals surface area contributed by atoms with Gasteiger partial charge in [0.15, 0.2) is 0 Å². The van der Waals surface area contributed by atoms with Crippen LogP contribution in [-0.4, -0.2) is 29.6 Å². The number of fused-ring (bicyclic) bond motifs is 1. The van der Waals surface area contributed by atoms with Gasteiger partial charge >= 0.3 is 0 Å². The predicted molar refractivity (Wildman–Crippen MR) is 81.8 cm³/mol. The van der Waals surface area contributed by atoms with Crippen LogP contribution in [0, 0.1) is 0 Å². The van der Waals surface area contributed by atoms with Crippen LogP contribution in [-0.2, 0) is 23.0 Å².